The summed E-state index contributed by atoms with van der Waals surface area (Å²) in [6, 6.07) is 9.06. The van der Waals surface area contributed by atoms with Crippen molar-refractivity contribution in [3.63, 3.8) is 0 Å². The summed E-state index contributed by atoms with van der Waals surface area (Å²) in [5, 5.41) is 0.863. The van der Waals surface area contributed by atoms with E-state index < -0.39 is 0 Å². The quantitative estimate of drug-likeness (QED) is 0.667. The molecule has 0 amide bonds. The Morgan fingerprint density at radius 3 is 2.47 bits per heavy atom. The van der Waals surface area contributed by atoms with Crippen LogP contribution in [0.1, 0.15) is 32.1 Å². The largest absolute Gasteiger partial charge is 0.383 e. The van der Waals surface area contributed by atoms with Gasteiger partial charge < -0.3 is 20.3 Å². The van der Waals surface area contributed by atoms with Crippen molar-refractivity contribution in [3.8, 4) is 11.1 Å². The van der Waals surface area contributed by atoms with Crippen LogP contribution in [0.4, 0.5) is 11.5 Å². The van der Waals surface area contributed by atoms with Crippen LogP contribution < -0.4 is 10.6 Å². The third-order valence-electron chi connectivity index (χ3n) is 6.40. The summed E-state index contributed by atoms with van der Waals surface area (Å²) in [7, 11) is 4.38. The number of rotatable bonds is 3. The molecule has 0 spiro atoms. The molecule has 5 rings (SSSR count). The van der Waals surface area contributed by atoms with Gasteiger partial charge >= 0.3 is 0 Å². The van der Waals surface area contributed by atoms with Crippen LogP contribution in [0.2, 0.25) is 0 Å². The molecule has 32 heavy (non-hydrogen) atoms. The highest BCUT2D eigenvalue weighted by molar-refractivity contribution is 5.91. The normalized spacial score (nSPS) is 17.3. The highest BCUT2D eigenvalue weighted by Crippen LogP contribution is 2.28. The van der Waals surface area contributed by atoms with Gasteiger partial charge in [-0.3, -0.25) is 4.98 Å². The van der Waals surface area contributed by atoms with Crippen LogP contribution in [0.3, 0.4) is 0 Å². The molecule has 7 heteroatoms. The van der Waals surface area contributed by atoms with Crippen molar-refractivity contribution >= 4 is 22.4 Å². The summed E-state index contributed by atoms with van der Waals surface area (Å²) < 4.78 is 5.41. The molecule has 0 bridgehead atoms. The van der Waals surface area contributed by atoms with Crippen molar-refractivity contribution < 1.29 is 4.74 Å². The van der Waals surface area contributed by atoms with Crippen molar-refractivity contribution in [3.05, 3.63) is 43.0 Å². The number of morpholine rings is 1. The van der Waals surface area contributed by atoms with Crippen LogP contribution in [0.5, 0.6) is 0 Å². The lowest BCUT2D eigenvalue weighted by atomic mass is 9.95. The third kappa shape index (κ3) is 5.53. The van der Waals surface area contributed by atoms with E-state index >= 15 is 0 Å². The molecule has 2 aromatic heterocycles. The van der Waals surface area contributed by atoms with E-state index in [1.54, 1.807) is 0 Å². The standard InChI is InChI=1S/C17H17N5O.C8H17N/c18-17-15-8-12(1-2-16(15)20-11-21-17)13-7-14(10-19-9-13)22-3-5-23-6-4-22;1-9(2)8-6-4-3-5-7-8/h1-2,7-11H,3-6H2,(H2,18,20,21);8H,3-7H2,1-2H3. The average Bonchev–Trinajstić information content (AvgIpc) is 2.86. The maximum Gasteiger partial charge on any atom is 0.134 e. The van der Waals surface area contributed by atoms with E-state index in [1.165, 1.54) is 38.4 Å². The fourth-order valence-corrected chi connectivity index (χ4v) is 4.43. The van der Waals surface area contributed by atoms with Crippen LogP contribution in [0, 0.1) is 0 Å². The van der Waals surface area contributed by atoms with Gasteiger partial charge in [0.1, 0.15) is 12.1 Å². The van der Waals surface area contributed by atoms with Crippen LogP contribution in [0.15, 0.2) is 43.0 Å². The Labute approximate surface area is 190 Å². The van der Waals surface area contributed by atoms with Gasteiger partial charge in [0, 0.05) is 36.3 Å². The molecule has 3 heterocycles. The molecular formula is C25H34N6O. The summed E-state index contributed by atoms with van der Waals surface area (Å²) in [6.45, 7) is 3.30. The Kier molecular flexibility index (Phi) is 7.50. The van der Waals surface area contributed by atoms with E-state index in [-0.39, 0.29) is 0 Å². The smallest absolute Gasteiger partial charge is 0.134 e. The lowest BCUT2D eigenvalue weighted by molar-refractivity contribution is 0.122. The van der Waals surface area contributed by atoms with Crippen molar-refractivity contribution in [2.45, 2.75) is 38.1 Å². The van der Waals surface area contributed by atoms with Gasteiger partial charge in [0.05, 0.1) is 30.6 Å². The number of nitrogen functional groups attached to an aromatic ring is 1. The van der Waals surface area contributed by atoms with E-state index in [9.17, 15) is 0 Å². The van der Waals surface area contributed by atoms with Gasteiger partial charge in [0.25, 0.3) is 0 Å². The molecule has 1 aromatic carbocycles. The first-order valence-electron chi connectivity index (χ1n) is 11.6. The fourth-order valence-electron chi connectivity index (χ4n) is 4.43. The second-order valence-corrected chi connectivity index (χ2v) is 8.78. The maximum absolute atomic E-state index is 5.96. The maximum atomic E-state index is 5.96. The summed E-state index contributed by atoms with van der Waals surface area (Å²) in [4.78, 5) is 17.3. The van der Waals surface area contributed by atoms with Crippen LogP contribution in [0.25, 0.3) is 22.0 Å². The summed E-state index contributed by atoms with van der Waals surface area (Å²) in [6.07, 6.45) is 12.5. The van der Waals surface area contributed by atoms with E-state index in [1.807, 2.05) is 30.6 Å². The average molecular weight is 435 g/mol. The second kappa shape index (κ2) is 10.7. The molecule has 0 atom stereocenters. The molecule has 1 saturated heterocycles. The first-order chi connectivity index (χ1) is 15.6. The van der Waals surface area contributed by atoms with Crippen molar-refractivity contribution in [2.24, 2.45) is 0 Å². The predicted octanol–water partition coefficient (Wildman–Crippen LogP) is 3.99. The zero-order valence-electron chi connectivity index (χ0n) is 19.2. The third-order valence-corrected chi connectivity index (χ3v) is 6.40. The number of aromatic nitrogens is 3. The minimum absolute atomic E-state index is 0.495. The topological polar surface area (TPSA) is 80.4 Å². The number of ether oxygens (including phenoxy) is 1. The second-order valence-electron chi connectivity index (χ2n) is 8.78. The molecule has 0 radical (unpaired) electrons. The van der Waals surface area contributed by atoms with Gasteiger partial charge in [-0.05, 0) is 50.7 Å². The zero-order valence-corrected chi connectivity index (χ0v) is 19.2. The highest BCUT2D eigenvalue weighted by Gasteiger charge is 2.14. The Morgan fingerprint density at radius 1 is 0.969 bits per heavy atom. The molecule has 1 saturated carbocycles. The van der Waals surface area contributed by atoms with Crippen LogP contribution in [-0.2, 0) is 4.74 Å². The Bertz CT molecular complexity index is 1010. The van der Waals surface area contributed by atoms with Gasteiger partial charge in [-0.2, -0.15) is 0 Å². The molecule has 2 N–H and O–H groups in total. The highest BCUT2D eigenvalue weighted by atomic mass is 16.5. The molecule has 170 valence electrons. The molecular weight excluding hydrogens is 400 g/mol. The molecule has 7 nitrogen and oxygen atoms in total. The number of benzene rings is 1. The first-order valence-corrected chi connectivity index (χ1v) is 11.6. The van der Waals surface area contributed by atoms with E-state index in [0.717, 1.165) is 60.1 Å². The molecule has 1 aliphatic carbocycles. The van der Waals surface area contributed by atoms with Crippen molar-refractivity contribution in [2.75, 3.05) is 51.0 Å². The lowest BCUT2D eigenvalue weighted by Gasteiger charge is -2.28. The first kappa shape index (κ1) is 22.4. The number of nitrogens with zero attached hydrogens (tertiary/aromatic N) is 5. The van der Waals surface area contributed by atoms with E-state index in [2.05, 4.69) is 44.9 Å². The van der Waals surface area contributed by atoms with E-state index in [4.69, 9.17) is 10.5 Å². The number of anilines is 2. The number of nitrogens with two attached hydrogens (primary N) is 1. The molecule has 1 aliphatic heterocycles. The number of hydrogen-bond acceptors (Lipinski definition) is 7. The van der Waals surface area contributed by atoms with Crippen LogP contribution >= 0.6 is 0 Å². The van der Waals surface area contributed by atoms with Gasteiger partial charge in [0.2, 0.25) is 0 Å². The number of fused-ring (bicyclic) bond motifs is 1. The molecule has 0 unspecified atom stereocenters. The van der Waals surface area contributed by atoms with Gasteiger partial charge in [-0.1, -0.05) is 25.3 Å². The summed E-state index contributed by atoms with van der Waals surface area (Å²) >= 11 is 0. The minimum atomic E-state index is 0.495. The van der Waals surface area contributed by atoms with Crippen molar-refractivity contribution in [1.82, 2.24) is 19.9 Å². The zero-order chi connectivity index (χ0) is 22.3. The fraction of sp³-hybridized carbons (Fsp3) is 0.480. The van der Waals surface area contributed by atoms with Gasteiger partial charge in [0.15, 0.2) is 0 Å². The summed E-state index contributed by atoms with van der Waals surface area (Å²) in [5.41, 5.74) is 10.0. The number of hydrogen-bond donors (Lipinski definition) is 1. The molecule has 2 aliphatic rings. The predicted molar refractivity (Wildman–Crippen MR) is 131 cm³/mol. The Morgan fingerprint density at radius 2 is 1.75 bits per heavy atom. The van der Waals surface area contributed by atoms with E-state index in [0.29, 0.717) is 5.82 Å². The Balaban J connectivity index is 0.000000230. The SMILES string of the molecule is CN(C)C1CCCCC1.Nc1ncnc2ccc(-c3cncc(N4CCOCC4)c3)cc12. The molecule has 3 aromatic rings. The minimum Gasteiger partial charge on any atom is -0.383 e. The van der Waals surface area contributed by atoms with Crippen LogP contribution in [-0.4, -0.2) is 66.3 Å². The van der Waals surface area contributed by atoms with Crippen molar-refractivity contribution in [1.29, 1.82) is 0 Å². The lowest BCUT2D eigenvalue weighted by Crippen LogP contribution is -2.36. The number of pyridine rings is 1. The van der Waals surface area contributed by atoms with Gasteiger partial charge in [-0.25, -0.2) is 9.97 Å². The molecule has 2 fully saturated rings. The summed E-state index contributed by atoms with van der Waals surface area (Å²) in [5.74, 6) is 0.495. The van der Waals surface area contributed by atoms with Gasteiger partial charge in [-0.15, -0.1) is 0 Å². The monoisotopic (exact) mass is 434 g/mol. The Hall–Kier alpha value is -2.77.